The molecule has 1 fully saturated rings. The van der Waals surface area contributed by atoms with Gasteiger partial charge in [-0.3, -0.25) is 19.5 Å². The fraction of sp³-hybridized carbons (Fsp3) is 0.318. The molecule has 2 aliphatic heterocycles. The summed E-state index contributed by atoms with van der Waals surface area (Å²) in [7, 11) is 0. The second kappa shape index (κ2) is 7.56. The molecule has 144 valence electrons. The molecule has 2 aliphatic rings. The molecule has 4 rings (SSSR count). The summed E-state index contributed by atoms with van der Waals surface area (Å²) in [5.41, 5.74) is 2.78. The smallest absolute Gasteiger partial charge is 0.272 e. The molecule has 2 heterocycles. The number of carbonyl (C=O) groups is 2. The highest BCUT2D eigenvalue weighted by atomic mass is 16.2. The largest absolute Gasteiger partial charge is 0.326 e. The summed E-state index contributed by atoms with van der Waals surface area (Å²) in [5, 5.41) is 6.00. The number of carbonyl (C=O) groups excluding carboxylic acids is 2. The van der Waals surface area contributed by atoms with Gasteiger partial charge in [0, 0.05) is 37.2 Å². The molecule has 2 N–H and O–H groups in total. The average molecular weight is 376 g/mol. The highest BCUT2D eigenvalue weighted by molar-refractivity contribution is 6.46. The first-order valence-electron chi connectivity index (χ1n) is 9.60. The average Bonchev–Trinajstić information content (AvgIpc) is 3.02. The van der Waals surface area contributed by atoms with Gasteiger partial charge in [0.05, 0.1) is 6.54 Å². The minimum Gasteiger partial charge on any atom is -0.326 e. The Kier molecular flexibility index (Phi) is 4.96. The highest BCUT2D eigenvalue weighted by Crippen LogP contribution is 2.28. The van der Waals surface area contributed by atoms with Gasteiger partial charge in [0.1, 0.15) is 11.4 Å². The number of benzene rings is 2. The number of amides is 2. The molecule has 2 aromatic rings. The number of nitrogens with zero attached hydrogens (tertiary/aromatic N) is 2. The lowest BCUT2D eigenvalue weighted by Gasteiger charge is -2.36. The number of likely N-dealkylation sites (tertiary alicyclic amines) is 1. The van der Waals surface area contributed by atoms with Crippen LogP contribution in [0.25, 0.3) is 0 Å². The summed E-state index contributed by atoms with van der Waals surface area (Å²) in [6.07, 6.45) is 1.40. The first-order valence-corrected chi connectivity index (χ1v) is 9.60. The Bertz CT molecular complexity index is 898. The van der Waals surface area contributed by atoms with Gasteiger partial charge >= 0.3 is 0 Å². The summed E-state index contributed by atoms with van der Waals surface area (Å²) in [5.74, 6) is -0.138. The van der Waals surface area contributed by atoms with E-state index in [1.807, 2.05) is 61.5 Å². The number of aliphatic imine (C=N–C) groups is 1. The quantitative estimate of drug-likeness (QED) is 0.860. The van der Waals surface area contributed by atoms with Crippen LogP contribution >= 0.6 is 0 Å². The van der Waals surface area contributed by atoms with Crippen molar-refractivity contribution < 1.29 is 9.59 Å². The Morgan fingerprint density at radius 3 is 2.46 bits per heavy atom. The summed E-state index contributed by atoms with van der Waals surface area (Å²) in [6, 6.07) is 17.3. The van der Waals surface area contributed by atoms with Crippen LogP contribution in [0.15, 0.2) is 59.6 Å². The van der Waals surface area contributed by atoms with E-state index in [1.165, 1.54) is 0 Å². The molecule has 0 atom stereocenters. The molecule has 0 aliphatic carbocycles. The predicted octanol–water partition coefficient (Wildman–Crippen LogP) is 2.34. The number of rotatable bonds is 4. The summed E-state index contributed by atoms with van der Waals surface area (Å²) in [4.78, 5) is 31.6. The van der Waals surface area contributed by atoms with Crippen LogP contribution in [0.1, 0.15) is 24.0 Å². The molecule has 0 radical (unpaired) electrons. The zero-order valence-corrected chi connectivity index (χ0v) is 15.9. The van der Waals surface area contributed by atoms with E-state index < -0.39 is 5.66 Å². The molecule has 1 spiro atoms. The number of piperidine rings is 1. The van der Waals surface area contributed by atoms with Crippen LogP contribution in [0, 0.1) is 6.92 Å². The van der Waals surface area contributed by atoms with Crippen LogP contribution in [0.5, 0.6) is 0 Å². The molecule has 0 saturated carbocycles. The molecule has 2 aromatic carbocycles. The fourth-order valence-electron chi connectivity index (χ4n) is 3.71. The lowest BCUT2D eigenvalue weighted by Crippen LogP contribution is -2.52. The van der Waals surface area contributed by atoms with E-state index in [4.69, 9.17) is 4.99 Å². The van der Waals surface area contributed by atoms with E-state index in [0.29, 0.717) is 38.2 Å². The molecule has 0 aromatic heterocycles. The maximum atomic E-state index is 12.4. The Morgan fingerprint density at radius 2 is 1.79 bits per heavy atom. The number of hydrogen-bond acceptors (Lipinski definition) is 4. The number of anilines is 1. The molecule has 2 amide bonds. The summed E-state index contributed by atoms with van der Waals surface area (Å²) in [6.45, 7) is 3.79. The number of nitrogens with one attached hydrogen (secondary N) is 2. The zero-order valence-electron chi connectivity index (χ0n) is 15.9. The predicted molar refractivity (Wildman–Crippen MR) is 109 cm³/mol. The summed E-state index contributed by atoms with van der Waals surface area (Å²) >= 11 is 0. The van der Waals surface area contributed by atoms with Crippen molar-refractivity contribution in [2.45, 2.75) is 25.4 Å². The van der Waals surface area contributed by atoms with Gasteiger partial charge in [-0.05, 0) is 19.1 Å². The van der Waals surface area contributed by atoms with E-state index >= 15 is 0 Å². The maximum Gasteiger partial charge on any atom is 0.272 e. The monoisotopic (exact) mass is 376 g/mol. The topological polar surface area (TPSA) is 73.8 Å². The maximum absolute atomic E-state index is 12.4. The zero-order chi connectivity index (χ0) is 19.6. The molecule has 28 heavy (non-hydrogen) atoms. The fourth-order valence-corrected chi connectivity index (χ4v) is 3.71. The lowest BCUT2D eigenvalue weighted by molar-refractivity contribution is -0.119. The third-order valence-corrected chi connectivity index (χ3v) is 5.32. The molecular formula is C22H24N4O2. The Labute approximate surface area is 164 Å². The van der Waals surface area contributed by atoms with Crippen LogP contribution in [-0.2, 0) is 9.59 Å². The van der Waals surface area contributed by atoms with Crippen molar-refractivity contribution in [3.05, 3.63) is 65.7 Å². The van der Waals surface area contributed by atoms with Gasteiger partial charge in [0.15, 0.2) is 0 Å². The molecule has 0 bridgehead atoms. The summed E-state index contributed by atoms with van der Waals surface area (Å²) < 4.78 is 0. The van der Waals surface area contributed by atoms with Gasteiger partial charge < -0.3 is 10.6 Å². The lowest BCUT2D eigenvalue weighted by atomic mass is 9.98. The van der Waals surface area contributed by atoms with Crippen molar-refractivity contribution in [1.29, 1.82) is 0 Å². The van der Waals surface area contributed by atoms with Crippen LogP contribution in [0.2, 0.25) is 0 Å². The first-order chi connectivity index (χ1) is 13.5. The van der Waals surface area contributed by atoms with Crippen LogP contribution in [-0.4, -0.2) is 47.7 Å². The van der Waals surface area contributed by atoms with Crippen molar-refractivity contribution >= 4 is 23.2 Å². The highest BCUT2D eigenvalue weighted by Gasteiger charge is 2.42. The minimum absolute atomic E-state index is 0.0243. The van der Waals surface area contributed by atoms with Crippen LogP contribution in [0.4, 0.5) is 5.69 Å². The van der Waals surface area contributed by atoms with Crippen LogP contribution < -0.4 is 10.6 Å². The van der Waals surface area contributed by atoms with Gasteiger partial charge in [-0.1, -0.05) is 48.0 Å². The molecule has 1 saturated heterocycles. The molecular weight excluding hydrogens is 352 g/mol. The molecule has 6 heteroatoms. The van der Waals surface area contributed by atoms with Crippen molar-refractivity contribution in [1.82, 2.24) is 10.2 Å². The third-order valence-electron chi connectivity index (χ3n) is 5.32. The van der Waals surface area contributed by atoms with E-state index in [9.17, 15) is 9.59 Å². The molecule has 6 nitrogen and oxygen atoms in total. The minimum atomic E-state index is -0.536. The van der Waals surface area contributed by atoms with Gasteiger partial charge in [0.25, 0.3) is 5.91 Å². The van der Waals surface area contributed by atoms with Gasteiger partial charge in [0.2, 0.25) is 5.91 Å². The van der Waals surface area contributed by atoms with Crippen molar-refractivity contribution in [3.63, 3.8) is 0 Å². The van der Waals surface area contributed by atoms with Gasteiger partial charge in [-0.2, -0.15) is 0 Å². The number of hydrogen-bond donors (Lipinski definition) is 2. The normalized spacial score (nSPS) is 18.6. The third kappa shape index (κ3) is 3.97. The van der Waals surface area contributed by atoms with Gasteiger partial charge in [-0.15, -0.1) is 0 Å². The second-order valence-corrected chi connectivity index (χ2v) is 7.50. The van der Waals surface area contributed by atoms with E-state index in [1.54, 1.807) is 0 Å². The van der Waals surface area contributed by atoms with Crippen molar-refractivity contribution in [3.8, 4) is 0 Å². The van der Waals surface area contributed by atoms with Crippen molar-refractivity contribution in [2.75, 3.05) is 25.0 Å². The Balaban J connectivity index is 1.34. The first kappa shape index (κ1) is 18.4. The molecule has 0 unspecified atom stereocenters. The van der Waals surface area contributed by atoms with E-state index in [0.717, 1.165) is 16.8 Å². The standard InChI is InChI=1S/C22H24N4O2/c1-16-7-9-18(10-8-16)23-19(27)15-26-13-11-22(12-14-26)24-20(21(28)25-22)17-5-3-2-4-6-17/h2-10H,11-15H2,1H3,(H,23,27)(H,25,28). The Morgan fingerprint density at radius 1 is 1.11 bits per heavy atom. The number of aryl methyl sites for hydroxylation is 1. The Hall–Kier alpha value is -2.99. The van der Waals surface area contributed by atoms with Crippen LogP contribution in [0.3, 0.4) is 0 Å². The van der Waals surface area contributed by atoms with Gasteiger partial charge in [-0.25, -0.2) is 0 Å². The SMILES string of the molecule is Cc1ccc(NC(=O)CN2CCC3(CC2)N=C(c2ccccc2)C(=O)N3)cc1. The second-order valence-electron chi connectivity index (χ2n) is 7.50. The van der Waals surface area contributed by atoms with E-state index in [-0.39, 0.29) is 11.8 Å². The van der Waals surface area contributed by atoms with E-state index in [2.05, 4.69) is 15.5 Å². The van der Waals surface area contributed by atoms with Crippen molar-refractivity contribution in [2.24, 2.45) is 4.99 Å².